The van der Waals surface area contributed by atoms with Gasteiger partial charge in [0.05, 0.1) is 18.7 Å². The highest BCUT2D eigenvalue weighted by atomic mass is 35.5. The van der Waals surface area contributed by atoms with Gasteiger partial charge in [-0.2, -0.15) is 5.26 Å². The van der Waals surface area contributed by atoms with Crippen LogP contribution in [0.1, 0.15) is 40.4 Å². The van der Waals surface area contributed by atoms with Crippen LogP contribution in [0.4, 0.5) is 0 Å². The predicted molar refractivity (Wildman–Crippen MR) is 124 cm³/mol. The van der Waals surface area contributed by atoms with Gasteiger partial charge in [0.1, 0.15) is 23.4 Å². The van der Waals surface area contributed by atoms with Gasteiger partial charge >= 0.3 is 5.97 Å². The molecular formula is C26H21ClN2O4. The van der Waals surface area contributed by atoms with Crippen LogP contribution < -0.4 is 4.74 Å². The van der Waals surface area contributed by atoms with Crippen LogP contribution in [-0.4, -0.2) is 35.0 Å². The topological polar surface area (TPSA) is 90.6 Å². The van der Waals surface area contributed by atoms with Gasteiger partial charge in [-0.15, -0.1) is 0 Å². The van der Waals surface area contributed by atoms with E-state index in [9.17, 15) is 20.0 Å². The summed E-state index contributed by atoms with van der Waals surface area (Å²) in [5.41, 5.74) is 2.14. The summed E-state index contributed by atoms with van der Waals surface area (Å²) in [7, 11) is 1.43. The SMILES string of the molecule is COc1ccc(-c2ccccc2)c(C(=O)N2C(C(=O)O)CCC2c2ccccc2Cl)c1C#N. The van der Waals surface area contributed by atoms with Gasteiger partial charge in [0.15, 0.2) is 0 Å². The normalized spacial score (nSPS) is 17.4. The maximum atomic E-state index is 14.1. The van der Waals surface area contributed by atoms with Crippen molar-refractivity contribution in [3.63, 3.8) is 0 Å². The lowest BCUT2D eigenvalue weighted by atomic mass is 9.93. The van der Waals surface area contributed by atoms with Crippen LogP contribution in [0.25, 0.3) is 11.1 Å². The van der Waals surface area contributed by atoms with Gasteiger partial charge < -0.3 is 14.7 Å². The van der Waals surface area contributed by atoms with Gasteiger partial charge in [-0.3, -0.25) is 4.79 Å². The number of carboxylic acid groups (broad SMARTS) is 1. The summed E-state index contributed by atoms with van der Waals surface area (Å²) in [4.78, 5) is 27.6. The molecule has 1 aliphatic heterocycles. The van der Waals surface area contributed by atoms with Crippen LogP contribution in [-0.2, 0) is 4.79 Å². The predicted octanol–water partition coefficient (Wildman–Crippen LogP) is 5.32. The molecule has 7 heteroatoms. The summed E-state index contributed by atoms with van der Waals surface area (Å²) in [6.07, 6.45) is 0.725. The minimum atomic E-state index is -1.10. The number of halogens is 1. The fourth-order valence-electron chi connectivity index (χ4n) is 4.46. The number of carboxylic acids is 1. The first kappa shape index (κ1) is 22.4. The molecule has 1 heterocycles. The number of carbonyl (C=O) groups excluding carboxylic acids is 1. The van der Waals surface area contributed by atoms with Gasteiger partial charge in [-0.25, -0.2) is 4.79 Å². The average molecular weight is 461 g/mol. The molecule has 6 nitrogen and oxygen atoms in total. The minimum Gasteiger partial charge on any atom is -0.495 e. The number of nitriles is 1. The number of ether oxygens (including phenoxy) is 1. The van der Waals surface area contributed by atoms with Crippen LogP contribution in [0.15, 0.2) is 66.7 Å². The van der Waals surface area contributed by atoms with Crippen LogP contribution in [0.2, 0.25) is 5.02 Å². The molecule has 1 aliphatic rings. The quantitative estimate of drug-likeness (QED) is 0.556. The van der Waals surface area contributed by atoms with Gasteiger partial charge in [0, 0.05) is 5.02 Å². The van der Waals surface area contributed by atoms with Crippen molar-refractivity contribution in [3.05, 3.63) is 88.4 Å². The summed E-state index contributed by atoms with van der Waals surface area (Å²) in [6.45, 7) is 0. The lowest BCUT2D eigenvalue weighted by Crippen LogP contribution is -2.42. The van der Waals surface area contributed by atoms with Gasteiger partial charge in [0.25, 0.3) is 5.91 Å². The van der Waals surface area contributed by atoms with Gasteiger partial charge in [-0.05, 0) is 47.7 Å². The van der Waals surface area contributed by atoms with Crippen molar-refractivity contribution in [2.45, 2.75) is 24.9 Å². The number of rotatable bonds is 5. The molecule has 0 bridgehead atoms. The summed E-state index contributed by atoms with van der Waals surface area (Å²) in [5.74, 6) is -1.39. The van der Waals surface area contributed by atoms with Crippen molar-refractivity contribution in [3.8, 4) is 22.9 Å². The Balaban J connectivity index is 1.93. The van der Waals surface area contributed by atoms with Crippen molar-refractivity contribution >= 4 is 23.5 Å². The molecular weight excluding hydrogens is 440 g/mol. The molecule has 3 aromatic rings. The molecule has 0 radical (unpaired) electrons. The number of carbonyl (C=O) groups is 2. The Morgan fingerprint density at radius 3 is 2.39 bits per heavy atom. The number of hydrogen-bond donors (Lipinski definition) is 1. The number of benzene rings is 3. The first-order valence-corrected chi connectivity index (χ1v) is 10.8. The van der Waals surface area contributed by atoms with Crippen molar-refractivity contribution < 1.29 is 19.4 Å². The molecule has 1 N–H and O–H groups in total. The Labute approximate surface area is 196 Å². The van der Waals surface area contributed by atoms with Crippen molar-refractivity contribution in [1.82, 2.24) is 4.90 Å². The number of amides is 1. The smallest absolute Gasteiger partial charge is 0.326 e. The summed E-state index contributed by atoms with van der Waals surface area (Å²) < 4.78 is 5.35. The molecule has 0 aromatic heterocycles. The third kappa shape index (κ3) is 4.04. The highest BCUT2D eigenvalue weighted by molar-refractivity contribution is 6.31. The van der Waals surface area contributed by atoms with Crippen LogP contribution in [0.5, 0.6) is 5.75 Å². The maximum absolute atomic E-state index is 14.1. The van der Waals surface area contributed by atoms with E-state index in [1.807, 2.05) is 30.3 Å². The lowest BCUT2D eigenvalue weighted by Gasteiger charge is -2.30. The monoisotopic (exact) mass is 460 g/mol. The molecule has 2 unspecified atom stereocenters. The van der Waals surface area contributed by atoms with E-state index in [-0.39, 0.29) is 23.3 Å². The van der Waals surface area contributed by atoms with E-state index in [0.717, 1.165) is 5.56 Å². The van der Waals surface area contributed by atoms with E-state index < -0.39 is 24.0 Å². The first-order chi connectivity index (χ1) is 16.0. The zero-order chi connectivity index (χ0) is 23.5. The molecule has 0 spiro atoms. The third-order valence-electron chi connectivity index (χ3n) is 5.97. The van der Waals surface area contributed by atoms with E-state index in [1.54, 1.807) is 36.4 Å². The second kappa shape index (κ2) is 9.35. The summed E-state index contributed by atoms with van der Waals surface area (Å²) in [5, 5.41) is 20.3. The highest BCUT2D eigenvalue weighted by Gasteiger charge is 2.44. The largest absolute Gasteiger partial charge is 0.495 e. The standard InChI is InChI=1S/C26H21ClN2O4/c1-33-23-14-11-17(16-7-3-2-4-8-16)24(19(23)15-28)25(30)29-21(12-13-22(29)26(31)32)18-9-5-6-10-20(18)27/h2-11,14,21-22H,12-13H2,1H3,(H,31,32). The number of nitrogens with zero attached hydrogens (tertiary/aromatic N) is 2. The number of likely N-dealkylation sites (tertiary alicyclic amines) is 1. The Kier molecular flexibility index (Phi) is 6.34. The average Bonchev–Trinajstić information content (AvgIpc) is 3.28. The molecule has 33 heavy (non-hydrogen) atoms. The Bertz CT molecular complexity index is 1250. The zero-order valence-corrected chi connectivity index (χ0v) is 18.6. The first-order valence-electron chi connectivity index (χ1n) is 10.4. The fraction of sp³-hybridized carbons (Fsp3) is 0.192. The van der Waals surface area contributed by atoms with Gasteiger partial charge in [0.2, 0.25) is 0 Å². The maximum Gasteiger partial charge on any atom is 0.326 e. The van der Waals surface area contributed by atoms with E-state index in [4.69, 9.17) is 16.3 Å². The fourth-order valence-corrected chi connectivity index (χ4v) is 4.72. The molecule has 0 aliphatic carbocycles. The Morgan fingerprint density at radius 2 is 1.76 bits per heavy atom. The second-order valence-electron chi connectivity index (χ2n) is 7.72. The van der Waals surface area contributed by atoms with Gasteiger partial charge in [-0.1, -0.05) is 60.1 Å². The highest BCUT2D eigenvalue weighted by Crippen LogP contribution is 2.42. The van der Waals surface area contributed by atoms with Crippen molar-refractivity contribution in [2.24, 2.45) is 0 Å². The molecule has 2 atom stereocenters. The van der Waals surface area contributed by atoms with E-state index in [1.165, 1.54) is 12.0 Å². The number of hydrogen-bond acceptors (Lipinski definition) is 4. The van der Waals surface area contributed by atoms with Crippen molar-refractivity contribution in [2.75, 3.05) is 7.11 Å². The van der Waals surface area contributed by atoms with Crippen LogP contribution in [0.3, 0.4) is 0 Å². The molecule has 1 amide bonds. The van der Waals surface area contributed by atoms with Crippen LogP contribution >= 0.6 is 11.6 Å². The third-order valence-corrected chi connectivity index (χ3v) is 6.31. The second-order valence-corrected chi connectivity index (χ2v) is 8.13. The lowest BCUT2D eigenvalue weighted by molar-refractivity contribution is -0.141. The molecule has 1 saturated heterocycles. The van der Waals surface area contributed by atoms with E-state index in [2.05, 4.69) is 6.07 Å². The zero-order valence-electron chi connectivity index (χ0n) is 17.9. The summed E-state index contributed by atoms with van der Waals surface area (Å²) >= 11 is 6.42. The number of aliphatic carboxylic acids is 1. The molecule has 1 fully saturated rings. The Morgan fingerprint density at radius 1 is 1.06 bits per heavy atom. The van der Waals surface area contributed by atoms with Crippen LogP contribution in [0, 0.1) is 11.3 Å². The summed E-state index contributed by atoms with van der Waals surface area (Å²) in [6, 6.07) is 20.2. The minimum absolute atomic E-state index is 0.0674. The molecule has 166 valence electrons. The van der Waals surface area contributed by atoms with E-state index >= 15 is 0 Å². The Hall–Kier alpha value is -3.82. The molecule has 4 rings (SSSR count). The van der Waals surface area contributed by atoms with E-state index in [0.29, 0.717) is 22.6 Å². The molecule has 0 saturated carbocycles. The van der Waals surface area contributed by atoms with Crippen molar-refractivity contribution in [1.29, 1.82) is 5.26 Å². The molecule has 3 aromatic carbocycles. The number of methoxy groups -OCH3 is 1.